The molecule has 7 heteroatoms. The van der Waals surface area contributed by atoms with Crippen LogP contribution in [0.15, 0.2) is 27.7 Å². The monoisotopic (exact) mass is 242 g/mol. The van der Waals surface area contributed by atoms with E-state index in [1.165, 1.54) is 17.1 Å². The molecule has 2 aliphatic heterocycles. The van der Waals surface area contributed by atoms with Crippen molar-refractivity contribution in [3.63, 3.8) is 0 Å². The third-order valence-electron chi connectivity index (χ3n) is 2.07. The number of nitrogens with one attached hydrogen (secondary N) is 1. The standard InChI is InChI=1S/C9H11ClN4O2/c1-5-4-8(10)13-9(11-5)6(2)14(12-13)16-7(3)15/h4,12H,1-3H3. The Morgan fingerprint density at radius 1 is 1.56 bits per heavy atom. The summed E-state index contributed by atoms with van der Waals surface area (Å²) in [5.74, 6) is 0.194. The Morgan fingerprint density at radius 3 is 2.88 bits per heavy atom. The van der Waals surface area contributed by atoms with E-state index in [9.17, 15) is 4.79 Å². The summed E-state index contributed by atoms with van der Waals surface area (Å²) in [7, 11) is 0. The summed E-state index contributed by atoms with van der Waals surface area (Å²) in [6.07, 6.45) is 1.71. The first-order valence-electron chi connectivity index (χ1n) is 4.67. The molecule has 0 spiro atoms. The lowest BCUT2D eigenvalue weighted by Gasteiger charge is -2.23. The Hall–Kier alpha value is -1.53. The number of hydrogen-bond acceptors (Lipinski definition) is 6. The molecule has 0 saturated heterocycles. The second-order valence-corrected chi connectivity index (χ2v) is 3.83. The van der Waals surface area contributed by atoms with Crippen molar-refractivity contribution in [3.05, 3.63) is 22.8 Å². The normalized spacial score (nSPS) is 19.5. The molecule has 0 bridgehead atoms. The summed E-state index contributed by atoms with van der Waals surface area (Å²) in [5.41, 5.74) is 4.25. The number of halogens is 1. The second-order valence-electron chi connectivity index (χ2n) is 3.44. The fraction of sp³-hybridized carbons (Fsp3) is 0.333. The average molecular weight is 243 g/mol. The van der Waals surface area contributed by atoms with E-state index in [2.05, 4.69) is 10.5 Å². The van der Waals surface area contributed by atoms with Crippen molar-refractivity contribution in [2.75, 3.05) is 0 Å². The number of nitrogens with zero attached hydrogens (tertiary/aromatic N) is 3. The molecule has 2 heterocycles. The molecule has 0 unspecified atom stereocenters. The molecule has 86 valence electrons. The lowest BCUT2D eigenvalue weighted by atomic mass is 10.3. The first kappa shape index (κ1) is 11.0. The van der Waals surface area contributed by atoms with Crippen molar-refractivity contribution >= 4 is 23.3 Å². The van der Waals surface area contributed by atoms with E-state index in [1.54, 1.807) is 13.0 Å². The molecular formula is C9H11ClN4O2. The number of rotatable bonds is 1. The zero-order valence-electron chi connectivity index (χ0n) is 9.11. The van der Waals surface area contributed by atoms with Gasteiger partial charge in [-0.25, -0.2) is 14.8 Å². The highest BCUT2D eigenvalue weighted by Crippen LogP contribution is 2.29. The minimum absolute atomic E-state index is 0.423. The van der Waals surface area contributed by atoms with Gasteiger partial charge >= 0.3 is 5.97 Å². The van der Waals surface area contributed by atoms with Gasteiger partial charge in [0.15, 0.2) is 5.82 Å². The van der Waals surface area contributed by atoms with Crippen LogP contribution >= 0.6 is 11.6 Å². The highest BCUT2D eigenvalue weighted by molar-refractivity contribution is 6.31. The number of hydrazine groups is 2. The third-order valence-corrected chi connectivity index (χ3v) is 2.35. The van der Waals surface area contributed by atoms with Gasteiger partial charge in [0, 0.05) is 12.6 Å². The van der Waals surface area contributed by atoms with Crippen LogP contribution in [0.4, 0.5) is 0 Å². The minimum Gasteiger partial charge on any atom is -0.324 e. The van der Waals surface area contributed by atoms with Crippen molar-refractivity contribution in [2.45, 2.75) is 20.8 Å². The van der Waals surface area contributed by atoms with Gasteiger partial charge in [-0.3, -0.25) is 0 Å². The molecular weight excluding hydrogens is 232 g/mol. The van der Waals surface area contributed by atoms with Crippen molar-refractivity contribution in [1.82, 2.24) is 15.7 Å². The molecule has 0 saturated carbocycles. The zero-order chi connectivity index (χ0) is 11.9. The molecule has 0 aliphatic carbocycles. The lowest BCUT2D eigenvalue weighted by Crippen LogP contribution is -2.41. The lowest BCUT2D eigenvalue weighted by molar-refractivity contribution is -0.197. The van der Waals surface area contributed by atoms with Crippen LogP contribution in [0, 0.1) is 0 Å². The maximum atomic E-state index is 10.9. The van der Waals surface area contributed by atoms with Crippen LogP contribution in [0.3, 0.4) is 0 Å². The number of allylic oxidation sites excluding steroid dienone is 2. The van der Waals surface area contributed by atoms with Gasteiger partial charge in [0.2, 0.25) is 0 Å². The van der Waals surface area contributed by atoms with Gasteiger partial charge < -0.3 is 4.84 Å². The predicted octanol–water partition coefficient (Wildman–Crippen LogP) is 1.25. The van der Waals surface area contributed by atoms with Crippen molar-refractivity contribution < 1.29 is 9.63 Å². The predicted molar refractivity (Wildman–Crippen MR) is 58.3 cm³/mol. The zero-order valence-corrected chi connectivity index (χ0v) is 9.87. The van der Waals surface area contributed by atoms with E-state index in [0.717, 1.165) is 5.71 Å². The highest BCUT2D eigenvalue weighted by Gasteiger charge is 2.32. The maximum Gasteiger partial charge on any atom is 0.331 e. The van der Waals surface area contributed by atoms with Crippen LogP contribution in [0.2, 0.25) is 0 Å². The molecule has 0 atom stereocenters. The molecule has 2 aliphatic rings. The summed E-state index contributed by atoms with van der Waals surface area (Å²) in [4.78, 5) is 20.1. The molecule has 0 aromatic rings. The summed E-state index contributed by atoms with van der Waals surface area (Å²) >= 11 is 6.02. The molecule has 6 nitrogen and oxygen atoms in total. The number of aliphatic imine (C=N–C) groups is 1. The molecule has 2 rings (SSSR count). The first-order valence-corrected chi connectivity index (χ1v) is 5.05. The first-order chi connectivity index (χ1) is 7.49. The van der Waals surface area contributed by atoms with E-state index < -0.39 is 5.97 Å². The molecule has 0 aromatic heterocycles. The van der Waals surface area contributed by atoms with E-state index in [0.29, 0.717) is 16.7 Å². The average Bonchev–Trinajstić information content (AvgIpc) is 2.45. The Kier molecular flexibility index (Phi) is 2.61. The molecule has 1 N–H and O–H groups in total. The van der Waals surface area contributed by atoms with Gasteiger partial charge in [-0.05, 0) is 19.9 Å². The van der Waals surface area contributed by atoms with Gasteiger partial charge in [-0.2, -0.15) is 0 Å². The van der Waals surface area contributed by atoms with Gasteiger partial charge in [0.25, 0.3) is 0 Å². The summed E-state index contributed by atoms with van der Waals surface area (Å²) in [5, 5.41) is 3.24. The second kappa shape index (κ2) is 3.80. The Balaban J connectivity index is 2.31. The highest BCUT2D eigenvalue weighted by atomic mass is 35.5. The number of hydroxylamine groups is 1. The van der Waals surface area contributed by atoms with Crippen LogP contribution in [0.25, 0.3) is 0 Å². The van der Waals surface area contributed by atoms with Crippen LogP contribution in [0.5, 0.6) is 0 Å². The van der Waals surface area contributed by atoms with Crippen LogP contribution < -0.4 is 5.53 Å². The fourth-order valence-electron chi connectivity index (χ4n) is 1.40. The third kappa shape index (κ3) is 1.77. The molecule has 0 amide bonds. The SMILES string of the molecule is CC(=O)ON1NN2C(Cl)=CC(C)=NC2=C1C. The number of fused-ring (bicyclic) bond motifs is 1. The quantitative estimate of drug-likeness (QED) is 0.702. The summed E-state index contributed by atoms with van der Waals surface area (Å²) < 4.78 is 0. The van der Waals surface area contributed by atoms with Crippen LogP contribution in [-0.2, 0) is 9.63 Å². The molecule has 0 radical (unpaired) electrons. The maximum absolute atomic E-state index is 10.9. The number of hydrogen-bond donors (Lipinski definition) is 1. The smallest absolute Gasteiger partial charge is 0.324 e. The largest absolute Gasteiger partial charge is 0.331 e. The Morgan fingerprint density at radius 2 is 2.25 bits per heavy atom. The van der Waals surface area contributed by atoms with Crippen molar-refractivity contribution in [3.8, 4) is 0 Å². The topological polar surface area (TPSA) is 57.2 Å². The molecule has 0 aromatic carbocycles. The Bertz CT molecular complexity index is 441. The van der Waals surface area contributed by atoms with Gasteiger partial charge in [-0.1, -0.05) is 11.6 Å². The molecule has 16 heavy (non-hydrogen) atoms. The van der Waals surface area contributed by atoms with Gasteiger partial charge in [0.05, 0.1) is 0 Å². The fourth-order valence-corrected chi connectivity index (χ4v) is 1.68. The van der Waals surface area contributed by atoms with E-state index in [4.69, 9.17) is 16.4 Å². The molecule has 0 fully saturated rings. The Labute approximate surface area is 97.7 Å². The van der Waals surface area contributed by atoms with Crippen molar-refractivity contribution in [2.24, 2.45) is 4.99 Å². The van der Waals surface area contributed by atoms with E-state index >= 15 is 0 Å². The van der Waals surface area contributed by atoms with Crippen molar-refractivity contribution in [1.29, 1.82) is 0 Å². The summed E-state index contributed by atoms with van der Waals surface area (Å²) in [6, 6.07) is 0. The number of carbonyl (C=O) groups excluding carboxylic acids is 1. The van der Waals surface area contributed by atoms with E-state index in [-0.39, 0.29) is 0 Å². The van der Waals surface area contributed by atoms with Gasteiger partial charge in [-0.15, -0.1) is 10.7 Å². The van der Waals surface area contributed by atoms with E-state index in [1.807, 2.05) is 6.92 Å². The summed E-state index contributed by atoms with van der Waals surface area (Å²) in [6.45, 7) is 4.94. The van der Waals surface area contributed by atoms with Crippen LogP contribution in [-0.4, -0.2) is 21.9 Å². The van der Waals surface area contributed by atoms with Gasteiger partial charge in [0.1, 0.15) is 10.9 Å². The van der Waals surface area contributed by atoms with Crippen LogP contribution in [0.1, 0.15) is 20.8 Å². The minimum atomic E-state index is -0.423. The number of carbonyl (C=O) groups is 1.